The third-order valence-electron chi connectivity index (χ3n) is 5.23. The Bertz CT molecular complexity index is 1240. The number of amides is 2. The molecular weight excluding hydrogens is 535 g/mol. The molecule has 0 heterocycles. The van der Waals surface area contributed by atoms with Crippen LogP contribution in [0.2, 0.25) is 10.0 Å². The number of rotatable bonds is 11. The number of carbonyl (C=O) groups excluding carboxylic acids is 2. The molecule has 36 heavy (non-hydrogen) atoms. The van der Waals surface area contributed by atoms with Crippen molar-refractivity contribution in [1.82, 2.24) is 10.2 Å². The number of methoxy groups -OCH3 is 1. The van der Waals surface area contributed by atoms with Crippen LogP contribution in [0.15, 0.2) is 36.4 Å². The van der Waals surface area contributed by atoms with E-state index in [0.29, 0.717) is 16.4 Å². The molecule has 0 aliphatic heterocycles. The highest BCUT2D eigenvalue weighted by Crippen LogP contribution is 2.34. The first kappa shape index (κ1) is 29.1. The molecule has 2 aromatic rings. The number of nitro groups is 1. The van der Waals surface area contributed by atoms with Crippen LogP contribution in [-0.2, 0) is 26.2 Å². The average Bonchev–Trinajstić information content (AvgIpc) is 2.80. The first-order valence-corrected chi connectivity index (χ1v) is 13.2. The van der Waals surface area contributed by atoms with E-state index >= 15 is 0 Å². The number of nitro benzene ring substituents is 1. The van der Waals surface area contributed by atoms with E-state index in [4.69, 9.17) is 27.9 Å². The number of ether oxygens (including phenoxy) is 1. The minimum Gasteiger partial charge on any atom is -0.495 e. The summed E-state index contributed by atoms with van der Waals surface area (Å²) >= 11 is 12.5. The summed E-state index contributed by atoms with van der Waals surface area (Å²) in [4.78, 5) is 37.9. The van der Waals surface area contributed by atoms with E-state index in [2.05, 4.69) is 5.32 Å². The van der Waals surface area contributed by atoms with Crippen molar-refractivity contribution in [3.8, 4) is 5.75 Å². The Hall–Kier alpha value is -3.09. The highest BCUT2D eigenvalue weighted by atomic mass is 35.5. The lowest BCUT2D eigenvalue weighted by Crippen LogP contribution is -2.51. The van der Waals surface area contributed by atoms with Gasteiger partial charge in [-0.15, -0.1) is 0 Å². The fraction of sp³-hybridized carbons (Fsp3) is 0.364. The van der Waals surface area contributed by atoms with E-state index in [1.807, 2.05) is 0 Å². The molecule has 0 bridgehead atoms. The molecule has 2 amide bonds. The molecule has 0 radical (unpaired) electrons. The summed E-state index contributed by atoms with van der Waals surface area (Å²) in [5.41, 5.74) is -0.240. The monoisotopic (exact) mass is 560 g/mol. The lowest BCUT2D eigenvalue weighted by molar-refractivity contribution is -0.384. The Morgan fingerprint density at radius 2 is 1.81 bits per heavy atom. The molecule has 14 heteroatoms. The van der Waals surface area contributed by atoms with E-state index in [1.54, 1.807) is 25.1 Å². The van der Waals surface area contributed by atoms with E-state index in [1.165, 1.54) is 20.1 Å². The molecule has 0 aliphatic carbocycles. The predicted octanol–water partition coefficient (Wildman–Crippen LogP) is 3.23. The molecule has 1 atom stereocenters. The Labute approximate surface area is 219 Å². The number of nitrogens with zero attached hydrogens (tertiary/aromatic N) is 3. The van der Waals surface area contributed by atoms with Gasteiger partial charge in [0.15, 0.2) is 0 Å². The van der Waals surface area contributed by atoms with Crippen LogP contribution in [0.3, 0.4) is 0 Å². The number of halogens is 2. The molecular formula is C22H26Cl2N4O7S. The first-order valence-electron chi connectivity index (χ1n) is 10.6. The number of nitrogens with one attached hydrogen (secondary N) is 1. The number of hydrogen-bond donors (Lipinski definition) is 1. The van der Waals surface area contributed by atoms with Crippen LogP contribution in [0, 0.1) is 10.1 Å². The van der Waals surface area contributed by atoms with E-state index in [-0.39, 0.29) is 28.0 Å². The quantitative estimate of drug-likeness (QED) is 0.328. The van der Waals surface area contributed by atoms with Gasteiger partial charge in [0.25, 0.3) is 5.69 Å². The minimum atomic E-state index is -4.14. The normalized spacial score (nSPS) is 11.9. The van der Waals surface area contributed by atoms with Gasteiger partial charge in [0.1, 0.15) is 24.0 Å². The van der Waals surface area contributed by atoms with Gasteiger partial charge in [0.2, 0.25) is 21.8 Å². The lowest BCUT2D eigenvalue weighted by Gasteiger charge is -2.32. The van der Waals surface area contributed by atoms with Crippen molar-refractivity contribution in [1.29, 1.82) is 0 Å². The van der Waals surface area contributed by atoms with Gasteiger partial charge in [-0.3, -0.25) is 24.0 Å². The topological polar surface area (TPSA) is 139 Å². The number of likely N-dealkylation sites (N-methyl/N-ethyl adjacent to an activating group) is 1. The molecule has 0 aliphatic rings. The van der Waals surface area contributed by atoms with E-state index < -0.39 is 45.0 Å². The molecule has 11 nitrogen and oxygen atoms in total. The van der Waals surface area contributed by atoms with Gasteiger partial charge in [-0.05, 0) is 32.0 Å². The first-order chi connectivity index (χ1) is 16.8. The Kier molecular flexibility index (Phi) is 9.91. The summed E-state index contributed by atoms with van der Waals surface area (Å²) in [6.45, 7) is 2.52. The Morgan fingerprint density at radius 3 is 2.31 bits per heavy atom. The zero-order valence-corrected chi connectivity index (χ0v) is 22.4. The molecule has 0 saturated carbocycles. The van der Waals surface area contributed by atoms with Gasteiger partial charge in [0, 0.05) is 40.8 Å². The second kappa shape index (κ2) is 12.2. The lowest BCUT2D eigenvalue weighted by atomic mass is 10.1. The summed E-state index contributed by atoms with van der Waals surface area (Å²) in [6.07, 6.45) is 0.848. The highest BCUT2D eigenvalue weighted by Gasteiger charge is 2.32. The van der Waals surface area contributed by atoms with Crippen LogP contribution in [0.4, 0.5) is 11.4 Å². The van der Waals surface area contributed by atoms with Crippen LogP contribution in [-0.4, -0.2) is 62.6 Å². The zero-order chi connectivity index (χ0) is 27.2. The van der Waals surface area contributed by atoms with Crippen LogP contribution >= 0.6 is 23.2 Å². The van der Waals surface area contributed by atoms with Gasteiger partial charge < -0.3 is 15.0 Å². The second-order valence-corrected chi connectivity index (χ2v) is 10.4. The van der Waals surface area contributed by atoms with Gasteiger partial charge >= 0.3 is 0 Å². The van der Waals surface area contributed by atoms with Gasteiger partial charge in [0.05, 0.1) is 18.3 Å². The largest absolute Gasteiger partial charge is 0.495 e. The summed E-state index contributed by atoms with van der Waals surface area (Å²) in [7, 11) is -2.88. The summed E-state index contributed by atoms with van der Waals surface area (Å²) in [6, 6.07) is 7.10. The van der Waals surface area contributed by atoms with Crippen molar-refractivity contribution in [3.63, 3.8) is 0 Å². The van der Waals surface area contributed by atoms with Crippen molar-refractivity contribution in [2.24, 2.45) is 0 Å². The number of carbonyl (C=O) groups is 2. The molecule has 0 saturated heterocycles. The maximum atomic E-state index is 13.5. The molecule has 0 aromatic heterocycles. The number of anilines is 1. The SMILES string of the molecule is CCNC(=O)[C@@H](C)N(Cc1c(Cl)cccc1Cl)C(=O)CN(c1cc([N+](=O)[O-])ccc1OC)S(C)(=O)=O. The predicted molar refractivity (Wildman–Crippen MR) is 137 cm³/mol. The third kappa shape index (κ3) is 6.99. The fourth-order valence-electron chi connectivity index (χ4n) is 3.34. The summed E-state index contributed by atoms with van der Waals surface area (Å²) < 4.78 is 31.3. The zero-order valence-electron chi connectivity index (χ0n) is 20.0. The van der Waals surface area contributed by atoms with Crippen LogP contribution < -0.4 is 14.4 Å². The molecule has 2 rings (SSSR count). The van der Waals surface area contributed by atoms with Crippen LogP contribution in [0.5, 0.6) is 5.75 Å². The van der Waals surface area contributed by atoms with Crippen molar-refractivity contribution >= 4 is 56.4 Å². The van der Waals surface area contributed by atoms with E-state index in [0.717, 1.165) is 23.3 Å². The second-order valence-electron chi connectivity index (χ2n) is 7.68. The smallest absolute Gasteiger partial charge is 0.271 e. The highest BCUT2D eigenvalue weighted by molar-refractivity contribution is 7.92. The van der Waals surface area contributed by atoms with Gasteiger partial charge in [-0.2, -0.15) is 0 Å². The maximum absolute atomic E-state index is 13.5. The molecule has 0 fully saturated rings. The average molecular weight is 561 g/mol. The van der Waals surface area contributed by atoms with Crippen LogP contribution in [0.25, 0.3) is 0 Å². The maximum Gasteiger partial charge on any atom is 0.271 e. The number of non-ortho nitro benzene ring substituents is 1. The minimum absolute atomic E-state index is 0.00343. The number of hydrogen-bond acceptors (Lipinski definition) is 7. The molecule has 2 aromatic carbocycles. The van der Waals surface area contributed by atoms with Gasteiger partial charge in [-0.1, -0.05) is 29.3 Å². The Morgan fingerprint density at radius 1 is 1.19 bits per heavy atom. The molecule has 0 unspecified atom stereocenters. The summed E-state index contributed by atoms with van der Waals surface area (Å²) in [5, 5.41) is 14.4. The Balaban J connectivity index is 2.57. The van der Waals surface area contributed by atoms with Crippen molar-refractivity contribution in [3.05, 3.63) is 62.1 Å². The number of benzene rings is 2. The number of sulfonamides is 1. The van der Waals surface area contributed by atoms with E-state index in [9.17, 15) is 28.1 Å². The van der Waals surface area contributed by atoms with Crippen molar-refractivity contribution < 1.29 is 27.7 Å². The standard InChI is InChI=1S/C22H26Cl2N4O7S/c1-5-25-22(30)14(2)26(12-16-17(23)7-6-8-18(16)24)21(29)13-27(36(4,33)34)19-11-15(28(31)32)9-10-20(19)35-3/h6-11,14H,5,12-13H2,1-4H3,(H,25,30)/t14-/m1/s1. The molecule has 196 valence electrons. The third-order valence-corrected chi connectivity index (χ3v) is 7.06. The fourth-order valence-corrected chi connectivity index (χ4v) is 4.70. The molecule has 1 N–H and O–H groups in total. The summed E-state index contributed by atoms with van der Waals surface area (Å²) in [5.74, 6) is -1.26. The van der Waals surface area contributed by atoms with Crippen LogP contribution in [0.1, 0.15) is 19.4 Å². The van der Waals surface area contributed by atoms with Crippen molar-refractivity contribution in [2.45, 2.75) is 26.4 Å². The van der Waals surface area contributed by atoms with Crippen molar-refractivity contribution in [2.75, 3.05) is 30.8 Å². The molecule has 0 spiro atoms. The van der Waals surface area contributed by atoms with Gasteiger partial charge in [-0.25, -0.2) is 8.42 Å².